The summed E-state index contributed by atoms with van der Waals surface area (Å²) in [5.41, 5.74) is 1.11. The van der Waals surface area contributed by atoms with E-state index >= 15 is 0 Å². The van der Waals surface area contributed by atoms with Crippen LogP contribution in [0.5, 0.6) is 0 Å². The molecule has 0 saturated heterocycles. The highest BCUT2D eigenvalue weighted by atomic mass is 35.5. The highest BCUT2D eigenvalue weighted by Crippen LogP contribution is 2.17. The molecular weight excluding hydrogens is 288 g/mol. The normalized spacial score (nSPS) is 10.3. The Kier molecular flexibility index (Phi) is 4.40. The van der Waals surface area contributed by atoms with E-state index in [9.17, 15) is 9.18 Å². The molecule has 0 saturated carbocycles. The lowest BCUT2D eigenvalue weighted by molar-refractivity contribution is 0.0951. The number of hydrogen-bond acceptors (Lipinski definition) is 1. The van der Waals surface area contributed by atoms with E-state index in [4.69, 9.17) is 23.2 Å². The van der Waals surface area contributed by atoms with Crippen LogP contribution in [0.3, 0.4) is 0 Å². The Hall–Kier alpha value is -1.58. The van der Waals surface area contributed by atoms with Crippen molar-refractivity contribution in [1.29, 1.82) is 0 Å². The molecule has 0 heterocycles. The molecule has 2 aromatic carbocycles. The zero-order valence-corrected chi connectivity index (χ0v) is 11.3. The van der Waals surface area contributed by atoms with Crippen LogP contribution < -0.4 is 5.32 Å². The molecule has 2 rings (SSSR count). The molecule has 0 aromatic heterocycles. The first-order valence-electron chi connectivity index (χ1n) is 5.54. The zero-order valence-electron chi connectivity index (χ0n) is 9.79. The summed E-state index contributed by atoms with van der Waals surface area (Å²) in [6.45, 7) is 0.254. The van der Waals surface area contributed by atoms with E-state index in [-0.39, 0.29) is 17.5 Å². The summed E-state index contributed by atoms with van der Waals surface area (Å²) >= 11 is 11.6. The minimum Gasteiger partial charge on any atom is -0.348 e. The Morgan fingerprint density at radius 2 is 1.84 bits per heavy atom. The number of amides is 1. The van der Waals surface area contributed by atoms with Crippen molar-refractivity contribution in [2.45, 2.75) is 6.54 Å². The fraction of sp³-hybridized carbons (Fsp3) is 0.0714. The summed E-state index contributed by atoms with van der Waals surface area (Å²) in [5, 5.41) is 3.12. The number of hydrogen-bond donors (Lipinski definition) is 1. The second kappa shape index (κ2) is 6.04. The predicted octanol–water partition coefficient (Wildman–Crippen LogP) is 4.06. The van der Waals surface area contributed by atoms with Crippen LogP contribution >= 0.6 is 23.2 Å². The van der Waals surface area contributed by atoms with Gasteiger partial charge in [-0.25, -0.2) is 4.39 Å². The van der Waals surface area contributed by atoms with Gasteiger partial charge < -0.3 is 5.32 Å². The zero-order chi connectivity index (χ0) is 13.8. The fourth-order valence-corrected chi connectivity index (χ4v) is 2.00. The molecule has 0 aliphatic carbocycles. The molecule has 0 aliphatic rings. The maximum absolute atomic E-state index is 13.0. The smallest absolute Gasteiger partial charge is 0.253 e. The van der Waals surface area contributed by atoms with Crippen molar-refractivity contribution in [3.05, 3.63) is 69.5 Å². The quantitative estimate of drug-likeness (QED) is 0.909. The van der Waals surface area contributed by atoms with Gasteiger partial charge in [0.25, 0.3) is 5.91 Å². The molecule has 0 aliphatic heterocycles. The molecule has 0 fully saturated rings. The molecule has 5 heteroatoms. The van der Waals surface area contributed by atoms with Gasteiger partial charge in [-0.3, -0.25) is 4.79 Å². The highest BCUT2D eigenvalue weighted by molar-refractivity contribution is 6.33. The molecule has 2 aromatic rings. The molecular formula is C14H10Cl2FNO. The van der Waals surface area contributed by atoms with Gasteiger partial charge in [0, 0.05) is 6.54 Å². The van der Waals surface area contributed by atoms with Crippen molar-refractivity contribution < 1.29 is 9.18 Å². The second-order valence-electron chi connectivity index (χ2n) is 3.91. The molecule has 0 spiro atoms. The lowest BCUT2D eigenvalue weighted by Gasteiger charge is -2.07. The van der Waals surface area contributed by atoms with E-state index in [1.807, 2.05) is 0 Å². The molecule has 1 amide bonds. The Morgan fingerprint density at radius 1 is 1.11 bits per heavy atom. The third kappa shape index (κ3) is 3.46. The maximum Gasteiger partial charge on any atom is 0.253 e. The molecule has 0 radical (unpaired) electrons. The second-order valence-corrected chi connectivity index (χ2v) is 4.73. The molecule has 98 valence electrons. The first kappa shape index (κ1) is 13.8. The highest BCUT2D eigenvalue weighted by Gasteiger charge is 2.09. The molecule has 0 bridgehead atoms. The minimum absolute atomic E-state index is 0.0319. The fourth-order valence-electron chi connectivity index (χ4n) is 1.57. The Labute approximate surface area is 120 Å². The predicted molar refractivity (Wildman–Crippen MR) is 74.0 cm³/mol. The molecule has 0 atom stereocenters. The Balaban J connectivity index is 2.04. The van der Waals surface area contributed by atoms with Gasteiger partial charge in [-0.15, -0.1) is 0 Å². The van der Waals surface area contributed by atoms with Gasteiger partial charge in [0.15, 0.2) is 0 Å². The van der Waals surface area contributed by atoms with E-state index in [1.54, 1.807) is 30.3 Å². The van der Waals surface area contributed by atoms with Crippen LogP contribution in [-0.4, -0.2) is 5.91 Å². The van der Waals surface area contributed by atoms with E-state index in [1.165, 1.54) is 12.1 Å². The molecule has 1 N–H and O–H groups in total. The summed E-state index contributed by atoms with van der Waals surface area (Å²) in [7, 11) is 0. The van der Waals surface area contributed by atoms with Crippen LogP contribution in [0, 0.1) is 5.82 Å². The Bertz CT molecular complexity index is 616. The van der Waals surface area contributed by atoms with E-state index in [2.05, 4.69) is 5.32 Å². The first-order chi connectivity index (χ1) is 9.08. The van der Waals surface area contributed by atoms with Crippen molar-refractivity contribution >= 4 is 29.1 Å². The van der Waals surface area contributed by atoms with Crippen molar-refractivity contribution in [3.8, 4) is 0 Å². The summed E-state index contributed by atoms with van der Waals surface area (Å²) in [5.74, 6) is -0.770. The standard InChI is InChI=1S/C14H10Cl2FNO/c15-11-4-2-1-3-10(11)14(19)18-8-9-5-6-13(17)12(16)7-9/h1-7H,8H2,(H,18,19). The number of rotatable bonds is 3. The summed E-state index contributed by atoms with van der Waals surface area (Å²) in [6, 6.07) is 11.1. The van der Waals surface area contributed by atoms with Crippen molar-refractivity contribution in [3.63, 3.8) is 0 Å². The third-order valence-corrected chi connectivity index (χ3v) is 3.17. The minimum atomic E-state index is -0.483. The van der Waals surface area contributed by atoms with E-state index in [0.717, 1.165) is 0 Å². The average Bonchev–Trinajstić information content (AvgIpc) is 2.40. The van der Waals surface area contributed by atoms with Crippen LogP contribution in [-0.2, 0) is 6.54 Å². The van der Waals surface area contributed by atoms with Gasteiger partial charge in [0.1, 0.15) is 5.82 Å². The number of carbonyl (C=O) groups excluding carboxylic acids is 1. The summed E-state index contributed by atoms with van der Waals surface area (Å²) in [6.07, 6.45) is 0. The van der Waals surface area contributed by atoms with Crippen molar-refractivity contribution in [2.75, 3.05) is 0 Å². The maximum atomic E-state index is 13.0. The topological polar surface area (TPSA) is 29.1 Å². The lowest BCUT2D eigenvalue weighted by atomic mass is 10.2. The van der Waals surface area contributed by atoms with Crippen LogP contribution in [0.1, 0.15) is 15.9 Å². The SMILES string of the molecule is O=C(NCc1ccc(F)c(Cl)c1)c1ccccc1Cl. The van der Waals surface area contributed by atoms with E-state index in [0.29, 0.717) is 16.1 Å². The van der Waals surface area contributed by atoms with Gasteiger partial charge >= 0.3 is 0 Å². The average molecular weight is 298 g/mol. The van der Waals surface area contributed by atoms with Gasteiger partial charge in [0.05, 0.1) is 15.6 Å². The summed E-state index contributed by atoms with van der Waals surface area (Å²) in [4.78, 5) is 11.9. The number of carbonyl (C=O) groups is 1. The molecule has 19 heavy (non-hydrogen) atoms. The van der Waals surface area contributed by atoms with Gasteiger partial charge in [0.2, 0.25) is 0 Å². The number of halogens is 3. The van der Waals surface area contributed by atoms with Gasteiger partial charge in [-0.1, -0.05) is 41.4 Å². The van der Waals surface area contributed by atoms with Crippen LogP contribution in [0.15, 0.2) is 42.5 Å². The van der Waals surface area contributed by atoms with Crippen LogP contribution in [0.4, 0.5) is 4.39 Å². The van der Waals surface area contributed by atoms with Crippen molar-refractivity contribution in [2.24, 2.45) is 0 Å². The Morgan fingerprint density at radius 3 is 2.53 bits per heavy atom. The first-order valence-corrected chi connectivity index (χ1v) is 6.30. The van der Waals surface area contributed by atoms with Crippen LogP contribution in [0.2, 0.25) is 10.0 Å². The largest absolute Gasteiger partial charge is 0.348 e. The molecule has 2 nitrogen and oxygen atoms in total. The van der Waals surface area contributed by atoms with Crippen LogP contribution in [0.25, 0.3) is 0 Å². The van der Waals surface area contributed by atoms with Crippen molar-refractivity contribution in [1.82, 2.24) is 5.32 Å². The van der Waals surface area contributed by atoms with E-state index < -0.39 is 5.82 Å². The van der Waals surface area contributed by atoms with Gasteiger partial charge in [-0.05, 0) is 29.8 Å². The monoisotopic (exact) mass is 297 g/mol. The number of benzene rings is 2. The van der Waals surface area contributed by atoms with Gasteiger partial charge in [-0.2, -0.15) is 0 Å². The molecule has 0 unspecified atom stereocenters. The summed E-state index contributed by atoms with van der Waals surface area (Å²) < 4.78 is 13.0. The lowest BCUT2D eigenvalue weighted by Crippen LogP contribution is -2.23. The number of nitrogens with one attached hydrogen (secondary N) is 1. The third-order valence-electron chi connectivity index (χ3n) is 2.56.